The number of sulfonamides is 1. The zero-order valence-electron chi connectivity index (χ0n) is 16.2. The second-order valence-corrected chi connectivity index (χ2v) is 9.71. The molecule has 0 aliphatic carbocycles. The molecule has 1 heterocycles. The number of ether oxygens (including phenoxy) is 1. The largest absolute Gasteiger partial charge is 0.476 e. The predicted octanol–water partition coefficient (Wildman–Crippen LogP) is 3.29. The number of nitrogens with zero attached hydrogens (tertiary/aromatic N) is 1. The van der Waals surface area contributed by atoms with Gasteiger partial charge in [-0.1, -0.05) is 39.0 Å². The molecular weight excluding hydrogens is 383 g/mol. The first-order valence-corrected chi connectivity index (χ1v) is 10.7. The van der Waals surface area contributed by atoms with Gasteiger partial charge in [0.2, 0.25) is 10.0 Å². The molecular formula is C20H23FN2O4S. The van der Waals surface area contributed by atoms with E-state index in [1.807, 2.05) is 26.8 Å². The Kier molecular flexibility index (Phi) is 5.10. The lowest BCUT2D eigenvalue weighted by Crippen LogP contribution is -2.48. The number of hydrogen-bond acceptors (Lipinski definition) is 4. The summed E-state index contributed by atoms with van der Waals surface area (Å²) in [6, 6.07) is 11.0. The van der Waals surface area contributed by atoms with Gasteiger partial charge < -0.3 is 10.1 Å². The fourth-order valence-corrected chi connectivity index (χ4v) is 3.85. The molecule has 1 aliphatic rings. The summed E-state index contributed by atoms with van der Waals surface area (Å²) in [5.74, 6) is -0.912. The van der Waals surface area contributed by atoms with Gasteiger partial charge in [-0.25, -0.2) is 12.8 Å². The first-order chi connectivity index (χ1) is 13.0. The van der Waals surface area contributed by atoms with Crippen molar-refractivity contribution >= 4 is 27.3 Å². The average Bonchev–Trinajstić information content (AvgIpc) is 2.60. The molecule has 1 atom stereocenters. The summed E-state index contributed by atoms with van der Waals surface area (Å²) in [4.78, 5) is 12.6. The number of benzene rings is 2. The Morgan fingerprint density at radius 3 is 2.50 bits per heavy atom. The van der Waals surface area contributed by atoms with Crippen LogP contribution in [0.1, 0.15) is 26.3 Å². The van der Waals surface area contributed by atoms with Crippen LogP contribution in [0.2, 0.25) is 0 Å². The molecule has 1 N–H and O–H groups in total. The number of rotatable bonds is 3. The van der Waals surface area contributed by atoms with Crippen LogP contribution in [0.15, 0.2) is 42.5 Å². The maximum Gasteiger partial charge on any atom is 0.267 e. The van der Waals surface area contributed by atoms with Crippen LogP contribution in [0.25, 0.3) is 0 Å². The second kappa shape index (κ2) is 7.09. The molecule has 3 rings (SSSR count). The molecule has 0 bridgehead atoms. The van der Waals surface area contributed by atoms with Crippen molar-refractivity contribution in [3.05, 3.63) is 53.8 Å². The van der Waals surface area contributed by atoms with Crippen LogP contribution >= 0.6 is 0 Å². The van der Waals surface area contributed by atoms with Crippen molar-refractivity contribution in [1.82, 2.24) is 0 Å². The summed E-state index contributed by atoms with van der Waals surface area (Å²) in [5, 5.41) is 2.46. The van der Waals surface area contributed by atoms with Gasteiger partial charge in [-0.15, -0.1) is 0 Å². The molecule has 0 saturated carbocycles. The zero-order chi connectivity index (χ0) is 20.7. The van der Waals surface area contributed by atoms with Crippen LogP contribution in [-0.4, -0.2) is 33.2 Å². The molecule has 0 radical (unpaired) electrons. The summed E-state index contributed by atoms with van der Waals surface area (Å²) < 4.78 is 45.5. The van der Waals surface area contributed by atoms with Gasteiger partial charge in [0.15, 0.2) is 6.10 Å². The van der Waals surface area contributed by atoms with Gasteiger partial charge in [-0.3, -0.25) is 9.10 Å². The Morgan fingerprint density at radius 2 is 1.89 bits per heavy atom. The van der Waals surface area contributed by atoms with Crippen LogP contribution in [0, 0.1) is 5.82 Å². The maximum atomic E-state index is 13.8. The zero-order valence-corrected chi connectivity index (χ0v) is 17.0. The third kappa shape index (κ3) is 4.11. The number of nitrogens with one attached hydrogen (secondary N) is 1. The van der Waals surface area contributed by atoms with Gasteiger partial charge in [0, 0.05) is 0 Å². The number of carbonyl (C=O) groups excluding carboxylic acids is 1. The predicted molar refractivity (Wildman–Crippen MR) is 107 cm³/mol. The Bertz CT molecular complexity index is 1020. The van der Waals surface area contributed by atoms with Gasteiger partial charge in [0.25, 0.3) is 5.91 Å². The standard InChI is InChI=1S/C20H23FN2O4S/c1-20(2,3)13-9-10-17-16(11-13)23(28(4,25)26)12-18(27-17)19(24)22-15-8-6-5-7-14(15)21/h5-11,18H,12H2,1-4H3,(H,22,24). The van der Waals surface area contributed by atoms with E-state index < -0.39 is 27.9 Å². The van der Waals surface area contributed by atoms with E-state index in [1.165, 1.54) is 18.2 Å². The van der Waals surface area contributed by atoms with E-state index >= 15 is 0 Å². The number of anilines is 2. The third-order valence-corrected chi connectivity index (χ3v) is 5.67. The van der Waals surface area contributed by atoms with Crippen molar-refractivity contribution in [2.24, 2.45) is 0 Å². The molecule has 0 aromatic heterocycles. The number of para-hydroxylation sites is 1. The molecule has 0 spiro atoms. The lowest BCUT2D eigenvalue weighted by Gasteiger charge is -2.35. The highest BCUT2D eigenvalue weighted by Gasteiger charge is 2.36. The molecule has 2 aromatic rings. The van der Waals surface area contributed by atoms with Gasteiger partial charge >= 0.3 is 0 Å². The highest BCUT2D eigenvalue weighted by Crippen LogP contribution is 2.38. The van der Waals surface area contributed by atoms with E-state index in [4.69, 9.17) is 4.74 Å². The van der Waals surface area contributed by atoms with E-state index in [0.717, 1.165) is 16.1 Å². The van der Waals surface area contributed by atoms with E-state index in [2.05, 4.69) is 5.32 Å². The third-order valence-electron chi connectivity index (χ3n) is 4.52. The lowest BCUT2D eigenvalue weighted by molar-refractivity contribution is -0.122. The Labute approximate surface area is 164 Å². The van der Waals surface area contributed by atoms with Crippen molar-refractivity contribution in [3.63, 3.8) is 0 Å². The van der Waals surface area contributed by atoms with Crippen LogP contribution < -0.4 is 14.4 Å². The fraction of sp³-hybridized carbons (Fsp3) is 0.350. The van der Waals surface area contributed by atoms with Crippen molar-refractivity contribution in [2.75, 3.05) is 22.4 Å². The molecule has 6 nitrogen and oxygen atoms in total. The Balaban J connectivity index is 1.94. The molecule has 28 heavy (non-hydrogen) atoms. The molecule has 8 heteroatoms. The quantitative estimate of drug-likeness (QED) is 0.849. The molecule has 1 amide bonds. The SMILES string of the molecule is CC(C)(C)c1ccc2c(c1)N(S(C)(=O)=O)CC(C(=O)Nc1ccccc1F)O2. The molecule has 0 fully saturated rings. The number of halogens is 1. The Hall–Kier alpha value is -2.61. The lowest BCUT2D eigenvalue weighted by atomic mass is 9.86. The number of amides is 1. The number of hydrogen-bond donors (Lipinski definition) is 1. The monoisotopic (exact) mass is 406 g/mol. The average molecular weight is 406 g/mol. The highest BCUT2D eigenvalue weighted by atomic mass is 32.2. The summed E-state index contributed by atoms with van der Waals surface area (Å²) in [6.07, 6.45) is -0.0279. The minimum absolute atomic E-state index is 0.0101. The normalized spacial score (nSPS) is 16.9. The van der Waals surface area contributed by atoms with Crippen LogP contribution in [0.5, 0.6) is 5.75 Å². The van der Waals surface area contributed by atoms with Gasteiger partial charge in [0.05, 0.1) is 24.2 Å². The van der Waals surface area contributed by atoms with Crippen molar-refractivity contribution in [3.8, 4) is 5.75 Å². The molecule has 1 unspecified atom stereocenters. The molecule has 150 valence electrons. The Morgan fingerprint density at radius 1 is 1.21 bits per heavy atom. The van der Waals surface area contributed by atoms with E-state index in [-0.39, 0.29) is 17.6 Å². The minimum atomic E-state index is -3.65. The smallest absolute Gasteiger partial charge is 0.267 e. The summed E-state index contributed by atoms with van der Waals surface area (Å²) in [6.45, 7) is 5.87. The first-order valence-electron chi connectivity index (χ1n) is 8.81. The van der Waals surface area contributed by atoms with Crippen molar-refractivity contribution < 1.29 is 22.3 Å². The highest BCUT2D eigenvalue weighted by molar-refractivity contribution is 7.92. The second-order valence-electron chi connectivity index (χ2n) is 7.80. The topological polar surface area (TPSA) is 75.7 Å². The molecule has 0 saturated heterocycles. The first kappa shape index (κ1) is 20.1. The maximum absolute atomic E-state index is 13.8. The number of fused-ring (bicyclic) bond motifs is 1. The summed E-state index contributed by atoms with van der Waals surface area (Å²) in [7, 11) is -3.65. The van der Waals surface area contributed by atoms with E-state index in [9.17, 15) is 17.6 Å². The van der Waals surface area contributed by atoms with Crippen LogP contribution in [0.3, 0.4) is 0 Å². The van der Waals surface area contributed by atoms with Gasteiger partial charge in [-0.2, -0.15) is 0 Å². The minimum Gasteiger partial charge on any atom is -0.476 e. The molecule has 2 aromatic carbocycles. The van der Waals surface area contributed by atoms with Crippen LogP contribution in [0.4, 0.5) is 15.8 Å². The fourth-order valence-electron chi connectivity index (χ4n) is 2.94. The van der Waals surface area contributed by atoms with E-state index in [0.29, 0.717) is 11.4 Å². The summed E-state index contributed by atoms with van der Waals surface area (Å²) >= 11 is 0. The van der Waals surface area contributed by atoms with Crippen LogP contribution in [-0.2, 0) is 20.2 Å². The van der Waals surface area contributed by atoms with Crippen molar-refractivity contribution in [2.45, 2.75) is 32.3 Å². The summed E-state index contributed by atoms with van der Waals surface area (Å²) in [5.41, 5.74) is 1.16. The van der Waals surface area contributed by atoms with Crippen molar-refractivity contribution in [1.29, 1.82) is 0 Å². The van der Waals surface area contributed by atoms with Gasteiger partial charge in [0.1, 0.15) is 11.6 Å². The molecule has 1 aliphatic heterocycles. The number of carbonyl (C=O) groups is 1. The van der Waals surface area contributed by atoms with E-state index in [1.54, 1.807) is 18.2 Å². The van der Waals surface area contributed by atoms with Gasteiger partial charge in [-0.05, 0) is 35.2 Å².